The molecule has 2 aliphatic rings. The van der Waals surface area contributed by atoms with Gasteiger partial charge in [-0.25, -0.2) is 0 Å². The van der Waals surface area contributed by atoms with E-state index in [4.69, 9.17) is 0 Å². The van der Waals surface area contributed by atoms with Gasteiger partial charge in [-0.2, -0.15) is 0 Å². The number of nitrogens with one attached hydrogen (secondary N) is 1. The van der Waals surface area contributed by atoms with E-state index in [2.05, 4.69) is 17.1 Å². The Morgan fingerprint density at radius 3 is 2.89 bits per heavy atom. The molecule has 1 amide bonds. The fourth-order valence-corrected chi connectivity index (χ4v) is 3.33. The fourth-order valence-electron chi connectivity index (χ4n) is 3.33. The molecule has 2 aliphatic heterocycles. The van der Waals surface area contributed by atoms with E-state index < -0.39 is 0 Å². The summed E-state index contributed by atoms with van der Waals surface area (Å²) in [6.07, 6.45) is 9.50. The molecule has 2 rings (SSSR count). The summed E-state index contributed by atoms with van der Waals surface area (Å²) in [4.78, 5) is 14.3. The van der Waals surface area contributed by atoms with Gasteiger partial charge in [-0.3, -0.25) is 4.79 Å². The molecular formula is C15H28N2O. The van der Waals surface area contributed by atoms with Crippen LogP contribution in [0.15, 0.2) is 0 Å². The van der Waals surface area contributed by atoms with Crippen molar-refractivity contribution in [2.24, 2.45) is 5.92 Å². The van der Waals surface area contributed by atoms with E-state index >= 15 is 0 Å². The van der Waals surface area contributed by atoms with Crippen LogP contribution >= 0.6 is 0 Å². The Balaban J connectivity index is 1.81. The maximum atomic E-state index is 12.1. The minimum Gasteiger partial charge on any atom is -0.341 e. The lowest BCUT2D eigenvalue weighted by Gasteiger charge is -2.30. The van der Waals surface area contributed by atoms with E-state index in [0.717, 1.165) is 38.4 Å². The summed E-state index contributed by atoms with van der Waals surface area (Å²) in [7, 11) is 0. The normalized spacial score (nSPS) is 30.3. The molecule has 2 heterocycles. The summed E-state index contributed by atoms with van der Waals surface area (Å²) in [6.45, 7) is 5.31. The SMILES string of the molecule is CCCC1CCC(=O)N(CC2CCCCN2)CC1. The second kappa shape index (κ2) is 7.13. The van der Waals surface area contributed by atoms with Crippen molar-refractivity contribution < 1.29 is 4.79 Å². The van der Waals surface area contributed by atoms with Crippen molar-refractivity contribution in [1.29, 1.82) is 0 Å². The Kier molecular flexibility index (Phi) is 5.48. The predicted octanol–water partition coefficient (Wildman–Crippen LogP) is 2.56. The molecular weight excluding hydrogens is 224 g/mol. The number of nitrogens with zero attached hydrogens (tertiary/aromatic N) is 1. The molecule has 3 heteroatoms. The summed E-state index contributed by atoms with van der Waals surface area (Å²) in [5.74, 6) is 1.17. The number of hydrogen-bond acceptors (Lipinski definition) is 2. The Morgan fingerprint density at radius 2 is 2.17 bits per heavy atom. The highest BCUT2D eigenvalue weighted by Crippen LogP contribution is 2.23. The molecule has 2 fully saturated rings. The van der Waals surface area contributed by atoms with Gasteiger partial charge in [0.15, 0.2) is 0 Å². The van der Waals surface area contributed by atoms with E-state index in [9.17, 15) is 4.79 Å². The van der Waals surface area contributed by atoms with E-state index in [-0.39, 0.29) is 0 Å². The van der Waals surface area contributed by atoms with Crippen LogP contribution in [0.5, 0.6) is 0 Å². The number of hydrogen-bond donors (Lipinski definition) is 1. The Hall–Kier alpha value is -0.570. The molecule has 2 unspecified atom stereocenters. The van der Waals surface area contributed by atoms with Crippen LogP contribution in [0.4, 0.5) is 0 Å². The van der Waals surface area contributed by atoms with Gasteiger partial charge in [-0.1, -0.05) is 26.2 Å². The summed E-state index contributed by atoms with van der Waals surface area (Å²) in [5.41, 5.74) is 0. The average molecular weight is 252 g/mol. The maximum Gasteiger partial charge on any atom is 0.222 e. The van der Waals surface area contributed by atoms with Gasteiger partial charge in [0, 0.05) is 25.6 Å². The minimum atomic E-state index is 0.390. The van der Waals surface area contributed by atoms with Crippen LogP contribution in [0.3, 0.4) is 0 Å². The number of carbonyl (C=O) groups excluding carboxylic acids is 1. The van der Waals surface area contributed by atoms with Gasteiger partial charge < -0.3 is 10.2 Å². The van der Waals surface area contributed by atoms with Gasteiger partial charge in [-0.05, 0) is 38.1 Å². The third-order valence-corrected chi connectivity index (χ3v) is 4.48. The average Bonchev–Trinajstić information content (AvgIpc) is 2.56. The third kappa shape index (κ3) is 3.98. The highest BCUT2D eigenvalue weighted by molar-refractivity contribution is 5.76. The van der Waals surface area contributed by atoms with E-state index in [1.165, 1.54) is 38.5 Å². The molecule has 2 saturated heterocycles. The molecule has 0 aromatic rings. The summed E-state index contributed by atoms with van der Waals surface area (Å²) >= 11 is 0. The highest BCUT2D eigenvalue weighted by atomic mass is 16.2. The first-order chi connectivity index (χ1) is 8.79. The molecule has 0 saturated carbocycles. The van der Waals surface area contributed by atoms with Gasteiger partial charge in [0.2, 0.25) is 5.91 Å². The minimum absolute atomic E-state index is 0.390. The number of carbonyl (C=O) groups is 1. The number of rotatable bonds is 4. The number of amides is 1. The van der Waals surface area contributed by atoms with Crippen molar-refractivity contribution >= 4 is 5.91 Å². The van der Waals surface area contributed by atoms with Crippen LogP contribution in [0, 0.1) is 5.92 Å². The standard InChI is InChI=1S/C15H28N2O/c1-2-5-13-7-8-15(18)17(11-9-13)12-14-6-3-4-10-16-14/h13-14,16H,2-12H2,1H3. The molecule has 104 valence electrons. The Labute approximate surface area is 111 Å². The van der Waals surface area contributed by atoms with Crippen molar-refractivity contribution in [3.63, 3.8) is 0 Å². The highest BCUT2D eigenvalue weighted by Gasteiger charge is 2.24. The predicted molar refractivity (Wildman–Crippen MR) is 74.5 cm³/mol. The molecule has 2 atom stereocenters. The second-order valence-electron chi connectivity index (χ2n) is 5.97. The fraction of sp³-hybridized carbons (Fsp3) is 0.933. The van der Waals surface area contributed by atoms with Gasteiger partial charge >= 0.3 is 0 Å². The zero-order valence-corrected chi connectivity index (χ0v) is 11.8. The molecule has 0 aromatic heterocycles. The molecule has 0 bridgehead atoms. The van der Waals surface area contributed by atoms with E-state index in [0.29, 0.717) is 11.9 Å². The lowest BCUT2D eigenvalue weighted by molar-refractivity contribution is -0.131. The van der Waals surface area contributed by atoms with Crippen LogP contribution in [-0.4, -0.2) is 36.5 Å². The maximum absolute atomic E-state index is 12.1. The quantitative estimate of drug-likeness (QED) is 0.834. The topological polar surface area (TPSA) is 32.3 Å². The third-order valence-electron chi connectivity index (χ3n) is 4.48. The summed E-state index contributed by atoms with van der Waals surface area (Å²) < 4.78 is 0. The lowest BCUT2D eigenvalue weighted by Crippen LogP contribution is -2.45. The van der Waals surface area contributed by atoms with E-state index in [1.54, 1.807) is 0 Å². The number of likely N-dealkylation sites (tertiary alicyclic amines) is 1. The first-order valence-corrected chi connectivity index (χ1v) is 7.80. The molecule has 0 spiro atoms. The van der Waals surface area contributed by atoms with Gasteiger partial charge in [0.1, 0.15) is 0 Å². The van der Waals surface area contributed by atoms with Crippen LogP contribution in [0.1, 0.15) is 58.3 Å². The van der Waals surface area contributed by atoms with Crippen LogP contribution in [0.25, 0.3) is 0 Å². The van der Waals surface area contributed by atoms with Crippen LogP contribution < -0.4 is 5.32 Å². The number of piperidine rings is 1. The Morgan fingerprint density at radius 1 is 1.28 bits per heavy atom. The zero-order valence-electron chi connectivity index (χ0n) is 11.8. The zero-order chi connectivity index (χ0) is 12.8. The molecule has 0 aromatic carbocycles. The van der Waals surface area contributed by atoms with E-state index in [1.807, 2.05) is 0 Å². The van der Waals surface area contributed by atoms with Crippen molar-refractivity contribution in [1.82, 2.24) is 10.2 Å². The first kappa shape index (κ1) is 13.9. The molecule has 0 aliphatic carbocycles. The van der Waals surface area contributed by atoms with Gasteiger partial charge in [-0.15, -0.1) is 0 Å². The van der Waals surface area contributed by atoms with Crippen molar-refractivity contribution in [3.05, 3.63) is 0 Å². The first-order valence-electron chi connectivity index (χ1n) is 7.80. The van der Waals surface area contributed by atoms with Crippen LogP contribution in [0.2, 0.25) is 0 Å². The van der Waals surface area contributed by atoms with Crippen molar-refractivity contribution in [2.45, 2.75) is 64.3 Å². The molecule has 18 heavy (non-hydrogen) atoms. The van der Waals surface area contributed by atoms with Gasteiger partial charge in [0.05, 0.1) is 0 Å². The summed E-state index contributed by atoms with van der Waals surface area (Å²) in [5, 5.41) is 3.55. The van der Waals surface area contributed by atoms with Crippen molar-refractivity contribution in [2.75, 3.05) is 19.6 Å². The smallest absolute Gasteiger partial charge is 0.222 e. The van der Waals surface area contributed by atoms with Crippen molar-refractivity contribution in [3.8, 4) is 0 Å². The lowest BCUT2D eigenvalue weighted by atomic mass is 9.96. The molecule has 0 radical (unpaired) electrons. The Bertz CT molecular complexity index is 261. The molecule has 3 nitrogen and oxygen atoms in total. The van der Waals surface area contributed by atoms with Crippen LogP contribution in [-0.2, 0) is 4.79 Å². The van der Waals surface area contributed by atoms with Gasteiger partial charge in [0.25, 0.3) is 0 Å². The molecule has 1 N–H and O–H groups in total. The monoisotopic (exact) mass is 252 g/mol. The largest absolute Gasteiger partial charge is 0.341 e. The summed E-state index contributed by atoms with van der Waals surface area (Å²) in [6, 6.07) is 0.547. The second-order valence-corrected chi connectivity index (χ2v) is 5.97.